The van der Waals surface area contributed by atoms with E-state index >= 15 is 0 Å². The SMILES string of the molecule is CC(C)(C)c1ccc2c(c1)c1cc(C(C)(C)C)ccc1n2-c1cc2c3c(c1)N(c1ccccc1)c1cccc(-c4ccccc4)c1B3c1ccc([Si](c3ccccc3)(c3ccccc3)c3ccccc3)cc1N2c1cccc([Si](c2ccccc2)(c2ccccc2)c2ccccc2)c1. The fraction of sp³-hybridized carbons (Fsp3) is 0.0870. The second kappa shape index (κ2) is 24.0. The molecule has 0 radical (unpaired) electrons. The second-order valence-corrected chi connectivity index (χ2v) is 36.4. The Labute approximate surface area is 579 Å². The van der Waals surface area contributed by atoms with Crippen LogP contribution in [0.25, 0.3) is 38.6 Å². The van der Waals surface area contributed by atoms with E-state index in [1.807, 2.05) is 0 Å². The van der Waals surface area contributed by atoms with Crippen molar-refractivity contribution in [2.24, 2.45) is 0 Å². The lowest BCUT2D eigenvalue weighted by molar-refractivity contribution is 0.590. The zero-order valence-corrected chi connectivity index (χ0v) is 58.4. The van der Waals surface area contributed by atoms with E-state index in [-0.39, 0.29) is 17.5 Å². The lowest BCUT2D eigenvalue weighted by atomic mass is 9.32. The van der Waals surface area contributed by atoms with Crippen LogP contribution in [-0.4, -0.2) is 27.4 Å². The second-order valence-electron chi connectivity index (χ2n) is 28.8. The molecule has 470 valence electrons. The molecule has 3 nitrogen and oxygen atoms in total. The normalized spacial score (nSPS) is 12.9. The van der Waals surface area contributed by atoms with Gasteiger partial charge in [-0.05, 0) is 164 Å². The first-order valence-electron chi connectivity index (χ1n) is 34.6. The Morgan fingerprint density at radius 1 is 0.265 bits per heavy atom. The van der Waals surface area contributed by atoms with Crippen LogP contribution in [-0.2, 0) is 10.8 Å². The highest BCUT2D eigenvalue weighted by molar-refractivity contribution is 7.20. The van der Waals surface area contributed by atoms with Crippen molar-refractivity contribution in [1.29, 1.82) is 0 Å². The van der Waals surface area contributed by atoms with Crippen LogP contribution >= 0.6 is 0 Å². The minimum Gasteiger partial charge on any atom is -0.311 e. The summed E-state index contributed by atoms with van der Waals surface area (Å²) in [7, 11) is -6.26. The van der Waals surface area contributed by atoms with Crippen molar-refractivity contribution in [3.8, 4) is 16.8 Å². The average Bonchev–Trinajstić information content (AvgIpc) is 0.710. The summed E-state index contributed by atoms with van der Waals surface area (Å²) in [4.78, 5) is 5.30. The number of nitrogens with zero attached hydrogens (tertiary/aromatic N) is 3. The molecule has 2 aliphatic heterocycles. The van der Waals surface area contributed by atoms with Gasteiger partial charge in [-0.1, -0.05) is 321 Å². The highest BCUT2D eigenvalue weighted by Crippen LogP contribution is 2.48. The van der Waals surface area contributed by atoms with E-state index in [1.54, 1.807) is 0 Å². The van der Waals surface area contributed by atoms with Crippen molar-refractivity contribution in [2.75, 3.05) is 9.80 Å². The summed E-state index contributed by atoms with van der Waals surface area (Å²) in [6.07, 6.45) is 0. The van der Waals surface area contributed by atoms with Gasteiger partial charge in [0.2, 0.25) is 0 Å². The Morgan fingerprint density at radius 3 is 1.08 bits per heavy atom. The molecule has 2 aliphatic rings. The molecular formula is C92H76BN3Si2. The lowest BCUT2D eigenvalue weighted by Crippen LogP contribution is -2.75. The predicted molar refractivity (Wildman–Crippen MR) is 425 cm³/mol. The minimum atomic E-state index is -3.16. The van der Waals surface area contributed by atoms with Crippen LogP contribution in [0.5, 0.6) is 0 Å². The van der Waals surface area contributed by atoms with Crippen LogP contribution in [0.3, 0.4) is 0 Å². The van der Waals surface area contributed by atoms with E-state index in [1.165, 1.54) is 113 Å². The fourth-order valence-electron chi connectivity index (χ4n) is 16.6. The smallest absolute Gasteiger partial charge is 0.252 e. The predicted octanol–water partition coefficient (Wildman–Crippen LogP) is 15.9. The molecular weight excluding hydrogens is 1210 g/mol. The average molecular weight is 1290 g/mol. The summed E-state index contributed by atoms with van der Waals surface area (Å²) >= 11 is 0. The summed E-state index contributed by atoms with van der Waals surface area (Å²) in [6, 6.07) is 135. The Balaban J connectivity index is 1.05. The number of anilines is 6. The first-order chi connectivity index (χ1) is 47.9. The van der Waals surface area contributed by atoms with Gasteiger partial charge in [-0.15, -0.1) is 0 Å². The van der Waals surface area contributed by atoms with Crippen LogP contribution < -0.4 is 67.7 Å². The maximum Gasteiger partial charge on any atom is 0.252 e. The molecule has 0 bridgehead atoms. The van der Waals surface area contributed by atoms with Crippen LogP contribution in [0.2, 0.25) is 0 Å². The number of para-hydroxylation sites is 1. The van der Waals surface area contributed by atoms with Crippen molar-refractivity contribution < 1.29 is 0 Å². The zero-order chi connectivity index (χ0) is 66.3. The van der Waals surface area contributed by atoms with Gasteiger partial charge in [0.05, 0.1) is 16.7 Å². The van der Waals surface area contributed by atoms with Crippen LogP contribution in [0, 0.1) is 0 Å². The molecule has 0 saturated carbocycles. The van der Waals surface area contributed by atoms with Crippen molar-refractivity contribution >= 4 is 137 Å². The third-order valence-electron chi connectivity index (χ3n) is 21.2. The largest absolute Gasteiger partial charge is 0.311 e. The summed E-state index contributed by atoms with van der Waals surface area (Å²) in [5.41, 5.74) is 19.0. The monoisotopic (exact) mass is 1290 g/mol. The molecule has 14 aromatic carbocycles. The van der Waals surface area contributed by atoms with E-state index in [0.29, 0.717) is 0 Å². The fourth-order valence-corrected chi connectivity index (χ4v) is 26.2. The van der Waals surface area contributed by atoms with Crippen LogP contribution in [0.1, 0.15) is 52.7 Å². The zero-order valence-electron chi connectivity index (χ0n) is 56.4. The molecule has 0 atom stereocenters. The van der Waals surface area contributed by atoms with Crippen molar-refractivity contribution in [3.05, 3.63) is 363 Å². The number of aromatic nitrogens is 1. The van der Waals surface area contributed by atoms with Gasteiger partial charge in [-0.3, -0.25) is 0 Å². The standard InChI is InChI=1S/C92H76BN3Si2/c1-91(2,3)66-53-57-83-80(59-66)81-60-67(92(4,5)6)54-58-84(81)96(83)70-62-87-90-88(63-70)95(69-37-31-50-77(61-69)97(71-38-19-9-20-39-71,72-40-21-10-22-41-72)73-42-23-11-24-43-73)86-64-78(98(74-44-25-12-26-45-74,75-46-27-13-28-47-75)76-48-29-14-30-49-76)55-56-82(86)93(90)89-79(65-33-15-7-16-34-65)51-32-52-85(89)94(87)68-35-17-8-18-36-68/h7-64H,1-6H3. The molecule has 0 fully saturated rings. The number of hydrogen-bond acceptors (Lipinski definition) is 2. The first-order valence-corrected chi connectivity index (χ1v) is 38.6. The summed E-state index contributed by atoms with van der Waals surface area (Å²) < 4.78 is 2.59. The van der Waals surface area contributed by atoms with E-state index in [0.717, 1.165) is 28.4 Å². The number of benzene rings is 14. The van der Waals surface area contributed by atoms with Crippen molar-refractivity contribution in [3.63, 3.8) is 0 Å². The van der Waals surface area contributed by atoms with Crippen LogP contribution in [0.4, 0.5) is 34.1 Å². The van der Waals surface area contributed by atoms with Gasteiger partial charge in [0.25, 0.3) is 6.71 Å². The highest BCUT2D eigenvalue weighted by Gasteiger charge is 2.49. The molecule has 98 heavy (non-hydrogen) atoms. The Bertz CT molecular complexity index is 5200. The van der Waals surface area contributed by atoms with Crippen molar-refractivity contribution in [1.82, 2.24) is 4.57 Å². The van der Waals surface area contributed by atoms with E-state index in [9.17, 15) is 0 Å². The number of hydrogen-bond donors (Lipinski definition) is 0. The molecule has 17 rings (SSSR count). The maximum absolute atomic E-state index is 3.16. The molecule has 15 aromatic rings. The molecule has 0 unspecified atom stereocenters. The third-order valence-corrected chi connectivity index (χ3v) is 30.7. The molecule has 0 N–H and O–H groups in total. The van der Waals surface area contributed by atoms with Gasteiger partial charge in [0.15, 0.2) is 16.1 Å². The van der Waals surface area contributed by atoms with Gasteiger partial charge in [0.1, 0.15) is 0 Å². The van der Waals surface area contributed by atoms with E-state index in [4.69, 9.17) is 0 Å². The van der Waals surface area contributed by atoms with Crippen LogP contribution in [0.15, 0.2) is 352 Å². The summed E-state index contributed by atoms with van der Waals surface area (Å²) in [5.74, 6) is 0. The molecule has 3 heterocycles. The molecule has 0 amide bonds. The van der Waals surface area contributed by atoms with Gasteiger partial charge in [-0.2, -0.15) is 0 Å². The number of rotatable bonds is 12. The maximum atomic E-state index is 2.71. The van der Waals surface area contributed by atoms with Crippen molar-refractivity contribution in [2.45, 2.75) is 52.4 Å². The van der Waals surface area contributed by atoms with Gasteiger partial charge in [-0.25, -0.2) is 0 Å². The highest BCUT2D eigenvalue weighted by atomic mass is 28.3. The first kappa shape index (κ1) is 60.6. The molecule has 0 spiro atoms. The van der Waals surface area contributed by atoms with Gasteiger partial charge < -0.3 is 14.4 Å². The quantitative estimate of drug-likeness (QED) is 0.0892. The summed E-state index contributed by atoms with van der Waals surface area (Å²) in [6.45, 7) is 13.8. The Kier molecular flexibility index (Phi) is 14.8. The molecule has 6 heteroatoms. The Morgan fingerprint density at radius 2 is 0.643 bits per heavy atom. The summed E-state index contributed by atoms with van der Waals surface area (Å²) in [5, 5.41) is 13.1. The van der Waals surface area contributed by atoms with E-state index < -0.39 is 16.1 Å². The van der Waals surface area contributed by atoms with Gasteiger partial charge in [0, 0.05) is 44.9 Å². The van der Waals surface area contributed by atoms with Gasteiger partial charge >= 0.3 is 0 Å². The Hall–Kier alpha value is -11.0. The van der Waals surface area contributed by atoms with E-state index in [2.05, 4.69) is 408 Å². The molecule has 0 saturated heterocycles. The number of fused-ring (bicyclic) bond motifs is 7. The molecule has 1 aromatic heterocycles. The lowest BCUT2D eigenvalue weighted by Gasteiger charge is -2.46. The minimum absolute atomic E-state index is 0.0668. The topological polar surface area (TPSA) is 11.4 Å². The molecule has 0 aliphatic carbocycles. The third kappa shape index (κ3) is 9.75.